The van der Waals surface area contributed by atoms with Crippen LogP contribution in [0.15, 0.2) is 35.4 Å². The van der Waals surface area contributed by atoms with Crippen LogP contribution in [0.25, 0.3) is 10.9 Å². The van der Waals surface area contributed by atoms with E-state index < -0.39 is 0 Å². The van der Waals surface area contributed by atoms with E-state index in [0.717, 1.165) is 41.0 Å². The molecular formula is C15H17N3OS. The van der Waals surface area contributed by atoms with Crippen molar-refractivity contribution in [1.29, 1.82) is 5.41 Å². The number of para-hydroxylation sites is 1. The lowest BCUT2D eigenvalue weighted by molar-refractivity contribution is 0.129. The zero-order chi connectivity index (χ0) is 13.9. The summed E-state index contributed by atoms with van der Waals surface area (Å²) in [7, 11) is 0. The molecule has 2 heterocycles. The number of nitrogen functional groups attached to an aromatic ring is 1. The SMILES string of the molecule is N=C(N)c1cnc2ccccc2c1SCC1CCCO1. The molecular weight excluding hydrogens is 270 g/mol. The highest BCUT2D eigenvalue weighted by molar-refractivity contribution is 7.99. The van der Waals surface area contributed by atoms with Crippen LogP contribution in [0, 0.1) is 5.41 Å². The Labute approximate surface area is 122 Å². The topological polar surface area (TPSA) is 72.0 Å². The number of ether oxygens (including phenoxy) is 1. The minimum Gasteiger partial charge on any atom is -0.384 e. The van der Waals surface area contributed by atoms with Crippen molar-refractivity contribution < 1.29 is 4.74 Å². The Morgan fingerprint density at radius 2 is 2.30 bits per heavy atom. The van der Waals surface area contributed by atoms with E-state index in [4.69, 9.17) is 15.9 Å². The molecule has 1 aliphatic heterocycles. The third kappa shape index (κ3) is 2.64. The Morgan fingerprint density at radius 1 is 1.45 bits per heavy atom. The van der Waals surface area contributed by atoms with Crippen LogP contribution in [0.5, 0.6) is 0 Å². The molecule has 104 valence electrons. The lowest BCUT2D eigenvalue weighted by Gasteiger charge is -2.13. The molecule has 5 heteroatoms. The molecule has 20 heavy (non-hydrogen) atoms. The van der Waals surface area contributed by atoms with Gasteiger partial charge in [0.2, 0.25) is 0 Å². The van der Waals surface area contributed by atoms with Gasteiger partial charge in [-0.05, 0) is 18.9 Å². The number of aromatic nitrogens is 1. The molecule has 3 rings (SSSR count). The highest BCUT2D eigenvalue weighted by Crippen LogP contribution is 2.32. The molecule has 1 fully saturated rings. The fraction of sp³-hybridized carbons (Fsp3) is 0.333. The molecule has 0 saturated carbocycles. The van der Waals surface area contributed by atoms with Crippen molar-refractivity contribution in [3.05, 3.63) is 36.0 Å². The molecule has 1 saturated heterocycles. The Kier molecular flexibility index (Phi) is 3.89. The smallest absolute Gasteiger partial charge is 0.125 e. The lowest BCUT2D eigenvalue weighted by Crippen LogP contribution is -2.14. The number of fused-ring (bicyclic) bond motifs is 1. The maximum Gasteiger partial charge on any atom is 0.125 e. The van der Waals surface area contributed by atoms with Crippen LogP contribution in [0.2, 0.25) is 0 Å². The summed E-state index contributed by atoms with van der Waals surface area (Å²) < 4.78 is 5.67. The fourth-order valence-electron chi connectivity index (χ4n) is 2.42. The number of hydrogen-bond donors (Lipinski definition) is 2. The third-order valence-electron chi connectivity index (χ3n) is 3.45. The molecule has 2 aromatic rings. The zero-order valence-electron chi connectivity index (χ0n) is 11.1. The Balaban J connectivity index is 1.96. The van der Waals surface area contributed by atoms with Crippen molar-refractivity contribution in [1.82, 2.24) is 4.98 Å². The fourth-order valence-corrected chi connectivity index (χ4v) is 3.68. The minimum atomic E-state index is 0.0677. The summed E-state index contributed by atoms with van der Waals surface area (Å²) in [5.41, 5.74) is 7.34. The molecule has 0 amide bonds. The van der Waals surface area contributed by atoms with Gasteiger partial charge < -0.3 is 10.5 Å². The standard InChI is InChI=1S/C15H17N3OS/c16-15(17)12-8-18-13-6-2-1-5-11(13)14(12)20-9-10-4-3-7-19-10/h1-2,5-6,8,10H,3-4,7,9H2,(H3,16,17). The van der Waals surface area contributed by atoms with E-state index in [1.54, 1.807) is 18.0 Å². The second-order valence-corrected chi connectivity index (χ2v) is 5.91. The van der Waals surface area contributed by atoms with Gasteiger partial charge in [0.25, 0.3) is 0 Å². The van der Waals surface area contributed by atoms with Gasteiger partial charge in [-0.2, -0.15) is 0 Å². The largest absolute Gasteiger partial charge is 0.384 e. The normalized spacial score (nSPS) is 18.5. The summed E-state index contributed by atoms with van der Waals surface area (Å²) in [5, 5.41) is 8.79. The van der Waals surface area contributed by atoms with Crippen LogP contribution in [-0.4, -0.2) is 29.3 Å². The van der Waals surface area contributed by atoms with Crippen LogP contribution in [0.4, 0.5) is 0 Å². The molecule has 0 spiro atoms. The Bertz CT molecular complexity index is 638. The van der Waals surface area contributed by atoms with Crippen molar-refractivity contribution in [3.8, 4) is 0 Å². The molecule has 1 aliphatic rings. The Hall–Kier alpha value is -1.59. The predicted molar refractivity (Wildman–Crippen MR) is 82.5 cm³/mol. The monoisotopic (exact) mass is 287 g/mol. The number of rotatable bonds is 4. The number of hydrogen-bond acceptors (Lipinski definition) is 4. The first-order valence-corrected chi connectivity index (χ1v) is 7.71. The van der Waals surface area contributed by atoms with Crippen molar-refractivity contribution in [2.75, 3.05) is 12.4 Å². The summed E-state index contributed by atoms with van der Waals surface area (Å²) >= 11 is 1.72. The van der Waals surface area contributed by atoms with Gasteiger partial charge in [-0.3, -0.25) is 10.4 Å². The van der Waals surface area contributed by atoms with Crippen molar-refractivity contribution in [3.63, 3.8) is 0 Å². The van der Waals surface area contributed by atoms with Crippen molar-refractivity contribution in [2.45, 2.75) is 23.8 Å². The Morgan fingerprint density at radius 3 is 3.05 bits per heavy atom. The second-order valence-electron chi connectivity index (χ2n) is 4.88. The minimum absolute atomic E-state index is 0.0677. The second kappa shape index (κ2) is 5.81. The molecule has 1 aromatic heterocycles. The van der Waals surface area contributed by atoms with Crippen LogP contribution in [0.1, 0.15) is 18.4 Å². The highest BCUT2D eigenvalue weighted by Gasteiger charge is 2.18. The first-order chi connectivity index (χ1) is 9.75. The van der Waals surface area contributed by atoms with Gasteiger partial charge in [-0.1, -0.05) is 18.2 Å². The average Bonchev–Trinajstić information content (AvgIpc) is 2.97. The van der Waals surface area contributed by atoms with Crippen molar-refractivity contribution in [2.24, 2.45) is 5.73 Å². The van der Waals surface area contributed by atoms with E-state index in [1.807, 2.05) is 24.3 Å². The molecule has 0 bridgehead atoms. The number of benzene rings is 1. The molecule has 0 aliphatic carbocycles. The van der Waals surface area contributed by atoms with Gasteiger partial charge in [-0.25, -0.2) is 0 Å². The maximum absolute atomic E-state index is 7.73. The molecule has 4 nitrogen and oxygen atoms in total. The van der Waals surface area contributed by atoms with Crippen LogP contribution < -0.4 is 5.73 Å². The van der Waals surface area contributed by atoms with E-state index >= 15 is 0 Å². The lowest BCUT2D eigenvalue weighted by atomic mass is 10.1. The van der Waals surface area contributed by atoms with Crippen LogP contribution in [-0.2, 0) is 4.74 Å². The summed E-state index contributed by atoms with van der Waals surface area (Å²) in [4.78, 5) is 5.42. The van der Waals surface area contributed by atoms with Gasteiger partial charge in [0.1, 0.15) is 5.84 Å². The van der Waals surface area contributed by atoms with E-state index in [1.165, 1.54) is 0 Å². The zero-order valence-corrected chi connectivity index (χ0v) is 12.0. The quantitative estimate of drug-likeness (QED) is 0.515. The molecule has 1 aromatic carbocycles. The van der Waals surface area contributed by atoms with Gasteiger partial charge in [-0.15, -0.1) is 11.8 Å². The van der Waals surface area contributed by atoms with E-state index in [0.29, 0.717) is 11.7 Å². The number of thioether (sulfide) groups is 1. The number of nitrogens with one attached hydrogen (secondary N) is 1. The van der Waals surface area contributed by atoms with E-state index in [-0.39, 0.29) is 5.84 Å². The highest BCUT2D eigenvalue weighted by atomic mass is 32.2. The third-order valence-corrected chi connectivity index (χ3v) is 4.72. The van der Waals surface area contributed by atoms with Crippen molar-refractivity contribution >= 4 is 28.5 Å². The van der Waals surface area contributed by atoms with Crippen LogP contribution in [0.3, 0.4) is 0 Å². The first-order valence-electron chi connectivity index (χ1n) is 6.72. The molecule has 1 unspecified atom stereocenters. The average molecular weight is 287 g/mol. The first kappa shape index (κ1) is 13.4. The number of amidine groups is 1. The van der Waals surface area contributed by atoms with Gasteiger partial charge >= 0.3 is 0 Å². The molecule has 1 atom stereocenters. The molecule has 3 N–H and O–H groups in total. The van der Waals surface area contributed by atoms with Gasteiger partial charge in [0, 0.05) is 34.4 Å². The summed E-state index contributed by atoms with van der Waals surface area (Å²) in [5.74, 6) is 0.965. The van der Waals surface area contributed by atoms with Gasteiger partial charge in [0.15, 0.2) is 0 Å². The predicted octanol–water partition coefficient (Wildman–Crippen LogP) is 2.79. The van der Waals surface area contributed by atoms with Gasteiger partial charge in [0.05, 0.1) is 11.6 Å². The summed E-state index contributed by atoms with van der Waals surface area (Å²) in [6.07, 6.45) is 4.27. The number of pyridine rings is 1. The number of nitrogens with two attached hydrogens (primary N) is 1. The maximum atomic E-state index is 7.73. The number of nitrogens with zero attached hydrogens (tertiary/aromatic N) is 1. The van der Waals surface area contributed by atoms with E-state index in [2.05, 4.69) is 4.98 Å². The van der Waals surface area contributed by atoms with E-state index in [9.17, 15) is 0 Å². The summed E-state index contributed by atoms with van der Waals surface area (Å²) in [6.45, 7) is 0.863. The van der Waals surface area contributed by atoms with Crippen LogP contribution >= 0.6 is 11.8 Å². The summed E-state index contributed by atoms with van der Waals surface area (Å²) in [6, 6.07) is 7.98. The molecule has 0 radical (unpaired) electrons.